The molecule has 2 N–H and O–H groups in total. The molecule has 10 nitrogen and oxygen atoms in total. The standard InChI is InChI=1S/C19H16N4O6/c1-28-17-9-15(23(26)27)7-8-16(17)22-18(24)13(10-20)11-21-14-5-3-12(4-6-14)19(25)29-2/h3-9,11,21H,1-2H3,(H,22,24)/b13-11-. The van der Waals surface area contributed by atoms with Gasteiger partial charge in [-0.3, -0.25) is 14.9 Å². The summed E-state index contributed by atoms with van der Waals surface area (Å²) >= 11 is 0. The number of nitriles is 1. The molecule has 148 valence electrons. The van der Waals surface area contributed by atoms with Crippen molar-refractivity contribution in [1.82, 2.24) is 0 Å². The van der Waals surface area contributed by atoms with Gasteiger partial charge in [0.2, 0.25) is 0 Å². The Bertz CT molecular complexity index is 1010. The highest BCUT2D eigenvalue weighted by Crippen LogP contribution is 2.29. The maximum Gasteiger partial charge on any atom is 0.337 e. The van der Waals surface area contributed by atoms with E-state index in [9.17, 15) is 25.0 Å². The number of carbonyl (C=O) groups excluding carboxylic acids is 2. The maximum atomic E-state index is 12.3. The molecular formula is C19H16N4O6. The summed E-state index contributed by atoms with van der Waals surface area (Å²) in [5.41, 5.74) is 0.610. The van der Waals surface area contributed by atoms with Crippen LogP contribution < -0.4 is 15.4 Å². The number of ether oxygens (including phenoxy) is 2. The molecule has 0 heterocycles. The van der Waals surface area contributed by atoms with Gasteiger partial charge in [-0.05, 0) is 30.3 Å². The molecule has 0 bridgehead atoms. The van der Waals surface area contributed by atoms with Crippen LogP contribution in [0.15, 0.2) is 54.2 Å². The first-order chi connectivity index (χ1) is 13.9. The van der Waals surface area contributed by atoms with Crippen LogP contribution in [-0.4, -0.2) is 31.0 Å². The number of carbonyl (C=O) groups is 2. The molecule has 1 amide bonds. The number of nitrogens with zero attached hydrogens (tertiary/aromatic N) is 2. The molecule has 2 rings (SSSR count). The molecule has 0 aliphatic carbocycles. The highest BCUT2D eigenvalue weighted by molar-refractivity contribution is 6.07. The van der Waals surface area contributed by atoms with E-state index in [1.165, 1.54) is 44.7 Å². The van der Waals surface area contributed by atoms with Gasteiger partial charge in [-0.25, -0.2) is 4.79 Å². The lowest BCUT2D eigenvalue weighted by molar-refractivity contribution is -0.384. The van der Waals surface area contributed by atoms with Crippen LogP contribution in [0.4, 0.5) is 17.1 Å². The number of hydrogen-bond acceptors (Lipinski definition) is 8. The second-order valence-corrected chi connectivity index (χ2v) is 5.48. The number of nitro benzene ring substituents is 1. The van der Waals surface area contributed by atoms with Gasteiger partial charge in [0, 0.05) is 18.0 Å². The summed E-state index contributed by atoms with van der Waals surface area (Å²) in [6, 6.07) is 11.6. The molecule has 0 aliphatic rings. The van der Waals surface area contributed by atoms with Gasteiger partial charge < -0.3 is 20.1 Å². The van der Waals surface area contributed by atoms with Crippen LogP contribution in [0, 0.1) is 21.4 Å². The van der Waals surface area contributed by atoms with Crippen LogP contribution >= 0.6 is 0 Å². The van der Waals surface area contributed by atoms with Gasteiger partial charge in [0.15, 0.2) is 0 Å². The average molecular weight is 396 g/mol. The van der Waals surface area contributed by atoms with Crippen LogP contribution in [0.25, 0.3) is 0 Å². The zero-order valence-electron chi connectivity index (χ0n) is 15.5. The van der Waals surface area contributed by atoms with Crippen LogP contribution in [-0.2, 0) is 9.53 Å². The molecule has 10 heteroatoms. The number of hydrogen-bond donors (Lipinski definition) is 2. The molecular weight excluding hydrogens is 380 g/mol. The predicted octanol–water partition coefficient (Wildman–Crippen LogP) is 2.85. The fourth-order valence-electron chi connectivity index (χ4n) is 2.21. The van der Waals surface area contributed by atoms with Crippen molar-refractivity contribution in [3.05, 3.63) is 69.9 Å². The molecule has 0 saturated carbocycles. The molecule has 0 radical (unpaired) electrons. The van der Waals surface area contributed by atoms with E-state index in [4.69, 9.17) is 4.74 Å². The highest BCUT2D eigenvalue weighted by atomic mass is 16.6. The lowest BCUT2D eigenvalue weighted by atomic mass is 10.2. The molecule has 0 aromatic heterocycles. The van der Waals surface area contributed by atoms with Crippen molar-refractivity contribution in [1.29, 1.82) is 5.26 Å². The lowest BCUT2D eigenvalue weighted by Crippen LogP contribution is -2.15. The van der Waals surface area contributed by atoms with Crippen molar-refractivity contribution in [2.75, 3.05) is 24.9 Å². The number of esters is 1. The summed E-state index contributed by atoms with van der Waals surface area (Å²) in [5.74, 6) is -1.14. The van der Waals surface area contributed by atoms with Crippen LogP contribution in [0.2, 0.25) is 0 Å². The van der Waals surface area contributed by atoms with E-state index in [1.807, 2.05) is 0 Å². The average Bonchev–Trinajstić information content (AvgIpc) is 2.74. The zero-order valence-corrected chi connectivity index (χ0v) is 15.5. The third-order valence-corrected chi connectivity index (χ3v) is 3.70. The Morgan fingerprint density at radius 1 is 1.17 bits per heavy atom. The Kier molecular flexibility index (Phi) is 6.86. The Balaban J connectivity index is 2.13. The number of non-ortho nitro benzene ring substituents is 1. The minimum absolute atomic E-state index is 0.0798. The van der Waals surface area contributed by atoms with Crippen LogP contribution in [0.3, 0.4) is 0 Å². The van der Waals surface area contributed by atoms with Crippen molar-refractivity contribution in [3.63, 3.8) is 0 Å². The molecule has 29 heavy (non-hydrogen) atoms. The topological polar surface area (TPSA) is 144 Å². The Hall–Kier alpha value is -4.39. The molecule has 0 atom stereocenters. The Morgan fingerprint density at radius 3 is 2.41 bits per heavy atom. The fourth-order valence-corrected chi connectivity index (χ4v) is 2.21. The van der Waals surface area contributed by atoms with E-state index in [0.29, 0.717) is 11.3 Å². The molecule has 0 saturated heterocycles. The maximum absolute atomic E-state index is 12.3. The molecule has 0 unspecified atom stereocenters. The largest absolute Gasteiger partial charge is 0.494 e. The van der Waals surface area contributed by atoms with E-state index in [0.717, 1.165) is 6.07 Å². The SMILES string of the molecule is COC(=O)c1ccc(N/C=C(/C#N)C(=O)Nc2ccc([N+](=O)[O-])cc2OC)cc1. The first-order valence-corrected chi connectivity index (χ1v) is 8.08. The molecule has 2 aromatic carbocycles. The predicted molar refractivity (Wildman–Crippen MR) is 103 cm³/mol. The smallest absolute Gasteiger partial charge is 0.337 e. The van der Waals surface area contributed by atoms with Gasteiger partial charge in [-0.2, -0.15) is 5.26 Å². The van der Waals surface area contributed by atoms with E-state index >= 15 is 0 Å². The number of nitrogens with one attached hydrogen (secondary N) is 2. The number of methoxy groups -OCH3 is 2. The lowest BCUT2D eigenvalue weighted by Gasteiger charge is -2.09. The minimum atomic E-state index is -0.738. The van der Waals surface area contributed by atoms with E-state index in [-0.39, 0.29) is 22.7 Å². The molecule has 0 fully saturated rings. The first-order valence-electron chi connectivity index (χ1n) is 8.08. The van der Waals surface area contributed by atoms with Gasteiger partial charge in [0.25, 0.3) is 11.6 Å². The monoisotopic (exact) mass is 396 g/mol. The Morgan fingerprint density at radius 2 is 1.86 bits per heavy atom. The fraction of sp³-hybridized carbons (Fsp3) is 0.105. The zero-order chi connectivity index (χ0) is 21.4. The van der Waals surface area contributed by atoms with Crippen LogP contribution in [0.1, 0.15) is 10.4 Å². The summed E-state index contributed by atoms with van der Waals surface area (Å²) in [7, 11) is 2.57. The summed E-state index contributed by atoms with van der Waals surface area (Å²) in [6.45, 7) is 0. The summed E-state index contributed by atoms with van der Waals surface area (Å²) in [5, 5.41) is 25.3. The molecule has 0 spiro atoms. The van der Waals surface area contributed by atoms with Crippen molar-refractivity contribution in [3.8, 4) is 11.8 Å². The van der Waals surface area contributed by atoms with Crippen molar-refractivity contribution < 1.29 is 24.0 Å². The second-order valence-electron chi connectivity index (χ2n) is 5.48. The number of rotatable bonds is 7. The highest BCUT2D eigenvalue weighted by Gasteiger charge is 2.15. The molecule has 0 aliphatic heterocycles. The summed E-state index contributed by atoms with van der Waals surface area (Å²) in [6.07, 6.45) is 1.19. The van der Waals surface area contributed by atoms with E-state index < -0.39 is 16.8 Å². The summed E-state index contributed by atoms with van der Waals surface area (Å²) in [4.78, 5) is 34.0. The third kappa shape index (κ3) is 5.30. The van der Waals surface area contributed by atoms with Crippen molar-refractivity contribution in [2.45, 2.75) is 0 Å². The van der Waals surface area contributed by atoms with Gasteiger partial charge in [0.05, 0.1) is 36.5 Å². The number of benzene rings is 2. The van der Waals surface area contributed by atoms with E-state index in [1.54, 1.807) is 18.2 Å². The number of amides is 1. The number of anilines is 2. The van der Waals surface area contributed by atoms with Crippen LogP contribution in [0.5, 0.6) is 5.75 Å². The van der Waals surface area contributed by atoms with Gasteiger partial charge in [-0.1, -0.05) is 0 Å². The quantitative estimate of drug-likeness (QED) is 0.239. The minimum Gasteiger partial charge on any atom is -0.494 e. The summed E-state index contributed by atoms with van der Waals surface area (Å²) < 4.78 is 9.65. The molecule has 2 aromatic rings. The van der Waals surface area contributed by atoms with Gasteiger partial charge in [0.1, 0.15) is 17.4 Å². The Labute approximate surface area is 165 Å². The van der Waals surface area contributed by atoms with Crippen molar-refractivity contribution >= 4 is 28.9 Å². The van der Waals surface area contributed by atoms with Crippen molar-refractivity contribution in [2.24, 2.45) is 0 Å². The van der Waals surface area contributed by atoms with Gasteiger partial charge >= 0.3 is 5.97 Å². The normalized spacial score (nSPS) is 10.4. The second kappa shape index (κ2) is 9.52. The van der Waals surface area contributed by atoms with E-state index in [2.05, 4.69) is 15.4 Å². The number of nitro groups is 1. The third-order valence-electron chi connectivity index (χ3n) is 3.70. The first kappa shape index (κ1) is 20.9. The van der Waals surface area contributed by atoms with Gasteiger partial charge in [-0.15, -0.1) is 0 Å².